The van der Waals surface area contributed by atoms with Crippen LogP contribution in [-0.4, -0.2) is 13.2 Å². The summed E-state index contributed by atoms with van der Waals surface area (Å²) in [6, 6.07) is 0. The number of nitrogens with one attached hydrogen (secondary N) is 1. The van der Waals surface area contributed by atoms with Crippen LogP contribution in [0.4, 0.5) is 0 Å². The lowest BCUT2D eigenvalue weighted by Gasteiger charge is -2.28. The molecule has 3 nitrogen and oxygen atoms in total. The lowest BCUT2D eigenvalue weighted by atomic mass is 9.96. The molecule has 0 atom stereocenters. The zero-order valence-corrected chi connectivity index (χ0v) is 5.23. The van der Waals surface area contributed by atoms with Crippen LogP contribution in [-0.2, 0) is 9.68 Å². The Balaban J connectivity index is 2.33. The molecule has 1 rings (SSSR count). The van der Waals surface area contributed by atoms with Crippen LogP contribution < -0.4 is 5.64 Å². The normalized spacial score (nSPS) is 27.8. The van der Waals surface area contributed by atoms with E-state index in [4.69, 9.17) is 9.68 Å². The predicted molar refractivity (Wildman–Crippen MR) is 28.8 cm³/mol. The Morgan fingerprint density at radius 2 is 1.75 bits per heavy atom. The molecule has 1 N–H and O–H groups in total. The molecule has 1 heterocycles. The maximum atomic E-state index is 4.81. The van der Waals surface area contributed by atoms with Gasteiger partial charge in [-0.3, -0.25) is 9.68 Å². The van der Waals surface area contributed by atoms with Crippen LogP contribution in [0.15, 0.2) is 0 Å². The first-order chi connectivity index (χ1) is 3.71. The lowest BCUT2D eigenvalue weighted by Crippen LogP contribution is -2.37. The van der Waals surface area contributed by atoms with Crippen LogP contribution >= 0.6 is 0 Å². The van der Waals surface area contributed by atoms with Gasteiger partial charge in [0.15, 0.2) is 0 Å². The molecule has 1 aliphatic heterocycles. The van der Waals surface area contributed by atoms with Crippen LogP contribution in [0.25, 0.3) is 0 Å². The van der Waals surface area contributed by atoms with E-state index in [9.17, 15) is 0 Å². The summed E-state index contributed by atoms with van der Waals surface area (Å²) >= 11 is 0. The van der Waals surface area contributed by atoms with Gasteiger partial charge in [-0.25, -0.2) is 0 Å². The molecule has 0 saturated carbocycles. The van der Waals surface area contributed by atoms with E-state index >= 15 is 0 Å². The second-order valence-corrected chi connectivity index (χ2v) is 2.82. The third-order valence-corrected chi connectivity index (χ3v) is 1.04. The minimum atomic E-state index is 0.172. The molecule has 3 heteroatoms. The molecule has 48 valence electrons. The SMILES string of the molecule is CC1(C)CONOC1. The molecule has 1 fully saturated rings. The highest BCUT2D eigenvalue weighted by Crippen LogP contribution is 2.16. The van der Waals surface area contributed by atoms with Gasteiger partial charge in [0.25, 0.3) is 0 Å². The fraction of sp³-hybridized carbons (Fsp3) is 1.00. The topological polar surface area (TPSA) is 30.5 Å². The Labute approximate surface area is 48.9 Å². The van der Waals surface area contributed by atoms with Crippen molar-refractivity contribution < 1.29 is 9.68 Å². The van der Waals surface area contributed by atoms with Gasteiger partial charge in [-0.05, 0) is 0 Å². The second kappa shape index (κ2) is 2.01. The Morgan fingerprint density at radius 3 is 2.00 bits per heavy atom. The highest BCUT2D eigenvalue weighted by Gasteiger charge is 2.22. The number of hydrogen-bond donors (Lipinski definition) is 1. The van der Waals surface area contributed by atoms with Crippen LogP contribution in [0, 0.1) is 5.41 Å². The van der Waals surface area contributed by atoms with Gasteiger partial charge in [0.2, 0.25) is 0 Å². The Bertz CT molecular complexity index is 74.5. The summed E-state index contributed by atoms with van der Waals surface area (Å²) < 4.78 is 0. The monoisotopic (exact) mass is 117 g/mol. The lowest BCUT2D eigenvalue weighted by molar-refractivity contribution is -0.246. The fourth-order valence-corrected chi connectivity index (χ4v) is 0.533. The molecule has 0 aromatic rings. The van der Waals surface area contributed by atoms with Gasteiger partial charge >= 0.3 is 0 Å². The predicted octanol–water partition coefficient (Wildman–Crippen LogP) is 0.479. The zero-order valence-electron chi connectivity index (χ0n) is 5.23. The van der Waals surface area contributed by atoms with Gasteiger partial charge in [-0.2, -0.15) is 0 Å². The summed E-state index contributed by atoms with van der Waals surface area (Å²) in [5.74, 6) is 0. The Kier molecular flexibility index (Phi) is 1.51. The summed E-state index contributed by atoms with van der Waals surface area (Å²) in [5, 5.41) is 0. The molecule has 0 bridgehead atoms. The number of hydrogen-bond acceptors (Lipinski definition) is 3. The summed E-state index contributed by atoms with van der Waals surface area (Å²) in [4.78, 5) is 9.62. The quantitative estimate of drug-likeness (QED) is 0.500. The minimum absolute atomic E-state index is 0.172. The second-order valence-electron chi connectivity index (χ2n) is 2.82. The van der Waals surface area contributed by atoms with E-state index in [2.05, 4.69) is 19.5 Å². The van der Waals surface area contributed by atoms with E-state index < -0.39 is 0 Å². The summed E-state index contributed by atoms with van der Waals surface area (Å²) in [7, 11) is 0. The van der Waals surface area contributed by atoms with Gasteiger partial charge in [0, 0.05) is 5.41 Å². The number of rotatable bonds is 0. The fourth-order valence-electron chi connectivity index (χ4n) is 0.533. The molecule has 1 aliphatic rings. The minimum Gasteiger partial charge on any atom is -0.276 e. The van der Waals surface area contributed by atoms with Crippen LogP contribution in [0.1, 0.15) is 13.8 Å². The van der Waals surface area contributed by atoms with E-state index in [1.54, 1.807) is 0 Å². The van der Waals surface area contributed by atoms with Gasteiger partial charge in [-0.15, -0.1) is 0 Å². The van der Waals surface area contributed by atoms with Crippen molar-refractivity contribution in [3.05, 3.63) is 0 Å². The Hall–Kier alpha value is -0.120. The Morgan fingerprint density at radius 1 is 1.25 bits per heavy atom. The molecular weight excluding hydrogens is 106 g/mol. The molecule has 1 saturated heterocycles. The average Bonchev–Trinajstić information content (AvgIpc) is 1.65. The first-order valence-electron chi connectivity index (χ1n) is 2.69. The first-order valence-corrected chi connectivity index (χ1v) is 2.69. The highest BCUT2D eigenvalue weighted by molar-refractivity contribution is 4.66. The van der Waals surface area contributed by atoms with Crippen LogP contribution in [0.5, 0.6) is 0 Å². The van der Waals surface area contributed by atoms with E-state index in [0.717, 1.165) is 0 Å². The molecule has 0 aliphatic carbocycles. The van der Waals surface area contributed by atoms with Crippen LogP contribution in [0.2, 0.25) is 0 Å². The molecular formula is C5H11NO2. The van der Waals surface area contributed by atoms with Gasteiger partial charge in [0.1, 0.15) is 0 Å². The average molecular weight is 117 g/mol. The molecule has 0 radical (unpaired) electrons. The van der Waals surface area contributed by atoms with Gasteiger partial charge in [-0.1, -0.05) is 19.5 Å². The molecule has 0 aromatic heterocycles. The molecule has 0 amide bonds. The van der Waals surface area contributed by atoms with Crippen molar-refractivity contribution in [2.75, 3.05) is 13.2 Å². The maximum Gasteiger partial charge on any atom is 0.0782 e. The largest absolute Gasteiger partial charge is 0.276 e. The zero-order chi connectivity index (χ0) is 6.04. The smallest absolute Gasteiger partial charge is 0.0782 e. The van der Waals surface area contributed by atoms with Crippen LogP contribution in [0.3, 0.4) is 0 Å². The van der Waals surface area contributed by atoms with Gasteiger partial charge in [0.05, 0.1) is 13.2 Å². The van der Waals surface area contributed by atoms with Crippen molar-refractivity contribution in [2.24, 2.45) is 5.41 Å². The third-order valence-electron chi connectivity index (χ3n) is 1.04. The summed E-state index contributed by atoms with van der Waals surface area (Å²) in [6.45, 7) is 5.61. The van der Waals surface area contributed by atoms with E-state index in [0.29, 0.717) is 13.2 Å². The molecule has 0 unspecified atom stereocenters. The summed E-state index contributed by atoms with van der Waals surface area (Å²) in [5.41, 5.74) is 2.51. The summed E-state index contributed by atoms with van der Waals surface area (Å²) in [6.07, 6.45) is 0. The van der Waals surface area contributed by atoms with Gasteiger partial charge < -0.3 is 0 Å². The molecule has 0 aromatic carbocycles. The molecule has 8 heavy (non-hydrogen) atoms. The van der Waals surface area contributed by atoms with Crippen molar-refractivity contribution in [3.8, 4) is 0 Å². The van der Waals surface area contributed by atoms with E-state index in [1.807, 2.05) is 0 Å². The standard InChI is InChI=1S/C5H11NO2/c1-5(2)3-7-6-8-4-5/h6H,3-4H2,1-2H3. The first kappa shape index (κ1) is 6.01. The maximum absolute atomic E-state index is 4.81. The van der Waals surface area contributed by atoms with Crippen molar-refractivity contribution in [1.82, 2.24) is 5.64 Å². The van der Waals surface area contributed by atoms with Crippen molar-refractivity contribution in [3.63, 3.8) is 0 Å². The van der Waals surface area contributed by atoms with E-state index in [1.165, 1.54) is 0 Å². The highest BCUT2D eigenvalue weighted by atomic mass is 16.9. The van der Waals surface area contributed by atoms with Crippen molar-refractivity contribution >= 4 is 0 Å². The third kappa shape index (κ3) is 1.43. The van der Waals surface area contributed by atoms with Crippen molar-refractivity contribution in [2.45, 2.75) is 13.8 Å². The van der Waals surface area contributed by atoms with E-state index in [-0.39, 0.29) is 5.41 Å². The van der Waals surface area contributed by atoms with Crippen molar-refractivity contribution in [1.29, 1.82) is 0 Å². The molecule has 0 spiro atoms.